The van der Waals surface area contributed by atoms with E-state index in [1.54, 1.807) is 7.11 Å². The molecule has 0 radical (unpaired) electrons. The second kappa shape index (κ2) is 9.42. The van der Waals surface area contributed by atoms with Crippen LogP contribution in [-0.4, -0.2) is 60.9 Å². The highest BCUT2D eigenvalue weighted by atomic mass is 16.5. The van der Waals surface area contributed by atoms with E-state index in [-0.39, 0.29) is 17.9 Å². The van der Waals surface area contributed by atoms with Gasteiger partial charge in [-0.3, -0.25) is 9.59 Å². The van der Waals surface area contributed by atoms with Crippen LogP contribution >= 0.6 is 0 Å². The number of methoxy groups -OCH3 is 1. The Kier molecular flexibility index (Phi) is 7.25. The molecule has 6 heteroatoms. The predicted molar refractivity (Wildman–Crippen MR) is 97.4 cm³/mol. The summed E-state index contributed by atoms with van der Waals surface area (Å²) in [6.07, 6.45) is 2.41. The Hall–Kier alpha value is -2.08. The van der Waals surface area contributed by atoms with Gasteiger partial charge in [0.2, 0.25) is 11.8 Å². The summed E-state index contributed by atoms with van der Waals surface area (Å²) in [5.41, 5.74) is 6.82. The van der Waals surface area contributed by atoms with Crippen LogP contribution in [0, 0.1) is 0 Å². The molecule has 1 aliphatic heterocycles. The molecule has 1 fully saturated rings. The minimum absolute atomic E-state index is 0.0461. The lowest BCUT2D eigenvalue weighted by Crippen LogP contribution is -2.50. The largest absolute Gasteiger partial charge is 0.497 e. The van der Waals surface area contributed by atoms with Crippen LogP contribution in [0.1, 0.15) is 31.7 Å². The van der Waals surface area contributed by atoms with Gasteiger partial charge in [0.05, 0.1) is 7.11 Å². The van der Waals surface area contributed by atoms with Crippen molar-refractivity contribution in [1.82, 2.24) is 9.80 Å². The molecular weight excluding hydrogens is 318 g/mol. The van der Waals surface area contributed by atoms with Crippen LogP contribution in [0.5, 0.6) is 5.75 Å². The van der Waals surface area contributed by atoms with Crippen LogP contribution in [0.3, 0.4) is 0 Å². The van der Waals surface area contributed by atoms with Gasteiger partial charge in [-0.25, -0.2) is 0 Å². The molecule has 25 heavy (non-hydrogen) atoms. The minimum Gasteiger partial charge on any atom is -0.497 e. The molecule has 0 aliphatic carbocycles. The molecule has 138 valence electrons. The number of hydrogen-bond donors (Lipinski definition) is 1. The van der Waals surface area contributed by atoms with Crippen LogP contribution in [-0.2, 0) is 16.0 Å². The van der Waals surface area contributed by atoms with E-state index in [4.69, 9.17) is 10.5 Å². The molecule has 6 nitrogen and oxygen atoms in total. The molecule has 0 bridgehead atoms. The summed E-state index contributed by atoms with van der Waals surface area (Å²) in [5.74, 6) is 1.11. The standard InChI is InChI=1S/C19H29N3O3/c1-15(20)3-9-18(23)21-11-13-22(14-12-21)19(24)10-6-16-4-7-17(25-2)8-5-16/h4-5,7-8,15H,3,6,9-14,20H2,1-2H3. The molecule has 1 saturated heterocycles. The molecule has 2 rings (SSSR count). The van der Waals surface area contributed by atoms with E-state index < -0.39 is 0 Å². The number of carbonyl (C=O) groups excluding carboxylic acids is 2. The van der Waals surface area contributed by atoms with Gasteiger partial charge in [0.15, 0.2) is 0 Å². The number of nitrogens with zero attached hydrogens (tertiary/aromatic N) is 2. The molecule has 1 unspecified atom stereocenters. The fourth-order valence-corrected chi connectivity index (χ4v) is 2.92. The maximum absolute atomic E-state index is 12.4. The highest BCUT2D eigenvalue weighted by molar-refractivity contribution is 5.78. The summed E-state index contributed by atoms with van der Waals surface area (Å²) in [4.78, 5) is 28.2. The zero-order valence-corrected chi connectivity index (χ0v) is 15.2. The first-order chi connectivity index (χ1) is 12.0. The molecule has 1 aliphatic rings. The van der Waals surface area contributed by atoms with E-state index >= 15 is 0 Å². The van der Waals surface area contributed by atoms with E-state index in [0.29, 0.717) is 45.4 Å². The van der Waals surface area contributed by atoms with E-state index in [1.807, 2.05) is 41.0 Å². The third-order valence-electron chi connectivity index (χ3n) is 4.59. The zero-order valence-electron chi connectivity index (χ0n) is 15.2. The number of aryl methyl sites for hydroxylation is 1. The normalized spacial score (nSPS) is 15.8. The van der Waals surface area contributed by atoms with Gasteiger partial charge in [-0.1, -0.05) is 12.1 Å². The number of benzene rings is 1. The Bertz CT molecular complexity index is 564. The topological polar surface area (TPSA) is 75.9 Å². The summed E-state index contributed by atoms with van der Waals surface area (Å²) in [6, 6.07) is 7.84. The van der Waals surface area contributed by atoms with Gasteiger partial charge < -0.3 is 20.3 Å². The lowest BCUT2D eigenvalue weighted by Gasteiger charge is -2.35. The first kappa shape index (κ1) is 19.2. The molecule has 0 aromatic heterocycles. The third-order valence-corrected chi connectivity index (χ3v) is 4.59. The maximum atomic E-state index is 12.4. The van der Waals surface area contributed by atoms with Gasteiger partial charge in [0, 0.05) is 45.1 Å². The van der Waals surface area contributed by atoms with Gasteiger partial charge in [-0.2, -0.15) is 0 Å². The van der Waals surface area contributed by atoms with Crippen molar-refractivity contribution in [3.05, 3.63) is 29.8 Å². The van der Waals surface area contributed by atoms with Gasteiger partial charge in [-0.15, -0.1) is 0 Å². The van der Waals surface area contributed by atoms with Crippen molar-refractivity contribution in [2.45, 2.75) is 38.6 Å². The summed E-state index contributed by atoms with van der Waals surface area (Å²) >= 11 is 0. The first-order valence-corrected chi connectivity index (χ1v) is 8.93. The smallest absolute Gasteiger partial charge is 0.223 e. The summed E-state index contributed by atoms with van der Waals surface area (Å²) in [5, 5.41) is 0. The van der Waals surface area contributed by atoms with Crippen LogP contribution in [0.4, 0.5) is 0 Å². The second-order valence-corrected chi connectivity index (χ2v) is 6.63. The fourth-order valence-electron chi connectivity index (χ4n) is 2.92. The zero-order chi connectivity index (χ0) is 18.2. The van der Waals surface area contributed by atoms with Crippen LogP contribution in [0.25, 0.3) is 0 Å². The SMILES string of the molecule is COc1ccc(CCC(=O)N2CCN(C(=O)CCC(C)N)CC2)cc1. The average molecular weight is 347 g/mol. The van der Waals surface area contributed by atoms with E-state index in [0.717, 1.165) is 17.7 Å². The lowest BCUT2D eigenvalue weighted by atomic mass is 10.1. The van der Waals surface area contributed by atoms with Crippen molar-refractivity contribution in [2.75, 3.05) is 33.3 Å². The monoisotopic (exact) mass is 347 g/mol. The average Bonchev–Trinajstić information content (AvgIpc) is 2.64. The molecule has 2 amide bonds. The lowest BCUT2D eigenvalue weighted by molar-refractivity contribution is -0.139. The number of nitrogens with two attached hydrogens (primary N) is 1. The van der Waals surface area contributed by atoms with Gasteiger partial charge >= 0.3 is 0 Å². The summed E-state index contributed by atoms with van der Waals surface area (Å²) in [7, 11) is 1.64. The van der Waals surface area contributed by atoms with Crippen molar-refractivity contribution >= 4 is 11.8 Å². The Labute approximate surface area is 149 Å². The molecule has 1 aromatic carbocycles. The van der Waals surface area contributed by atoms with Crippen molar-refractivity contribution < 1.29 is 14.3 Å². The molecule has 1 aromatic rings. The van der Waals surface area contributed by atoms with Crippen LogP contribution < -0.4 is 10.5 Å². The van der Waals surface area contributed by atoms with E-state index in [2.05, 4.69) is 0 Å². The van der Waals surface area contributed by atoms with Crippen molar-refractivity contribution in [3.8, 4) is 5.75 Å². The molecule has 0 saturated carbocycles. The molecule has 0 spiro atoms. The van der Waals surface area contributed by atoms with Crippen LogP contribution in [0.2, 0.25) is 0 Å². The summed E-state index contributed by atoms with van der Waals surface area (Å²) < 4.78 is 5.14. The Morgan fingerprint density at radius 1 is 1.04 bits per heavy atom. The van der Waals surface area contributed by atoms with Gasteiger partial charge in [-0.05, 0) is 37.5 Å². The Morgan fingerprint density at radius 2 is 1.56 bits per heavy atom. The maximum Gasteiger partial charge on any atom is 0.223 e. The molecular formula is C19H29N3O3. The van der Waals surface area contributed by atoms with E-state index in [9.17, 15) is 9.59 Å². The molecule has 1 heterocycles. The number of rotatable bonds is 7. The quantitative estimate of drug-likeness (QED) is 0.809. The molecule has 1 atom stereocenters. The van der Waals surface area contributed by atoms with Gasteiger partial charge in [0.1, 0.15) is 5.75 Å². The second-order valence-electron chi connectivity index (χ2n) is 6.63. The van der Waals surface area contributed by atoms with E-state index in [1.165, 1.54) is 0 Å². The fraction of sp³-hybridized carbons (Fsp3) is 0.579. The highest BCUT2D eigenvalue weighted by Crippen LogP contribution is 2.14. The number of piperazine rings is 1. The van der Waals surface area contributed by atoms with Crippen LogP contribution in [0.15, 0.2) is 24.3 Å². The number of hydrogen-bond acceptors (Lipinski definition) is 4. The summed E-state index contributed by atoms with van der Waals surface area (Å²) in [6.45, 7) is 4.38. The predicted octanol–water partition coefficient (Wildman–Crippen LogP) is 1.43. The first-order valence-electron chi connectivity index (χ1n) is 8.93. The highest BCUT2D eigenvalue weighted by Gasteiger charge is 2.23. The van der Waals surface area contributed by atoms with Gasteiger partial charge in [0.25, 0.3) is 0 Å². The number of ether oxygens (including phenoxy) is 1. The Balaban J connectivity index is 1.72. The third kappa shape index (κ3) is 6.05. The molecule has 2 N–H and O–H groups in total. The Morgan fingerprint density at radius 3 is 2.04 bits per heavy atom. The van der Waals surface area contributed by atoms with Crippen molar-refractivity contribution in [3.63, 3.8) is 0 Å². The van der Waals surface area contributed by atoms with Crippen molar-refractivity contribution in [1.29, 1.82) is 0 Å². The number of amides is 2. The minimum atomic E-state index is 0.0461. The van der Waals surface area contributed by atoms with Crippen molar-refractivity contribution in [2.24, 2.45) is 5.73 Å². The number of carbonyl (C=O) groups is 2.